The summed E-state index contributed by atoms with van der Waals surface area (Å²) in [5.74, 6) is -0.517. The van der Waals surface area contributed by atoms with Gasteiger partial charge in [0.25, 0.3) is 5.91 Å². The first kappa shape index (κ1) is 21.0. The maximum absolute atomic E-state index is 12.2. The molecule has 0 fully saturated rings. The quantitative estimate of drug-likeness (QED) is 0.436. The lowest BCUT2D eigenvalue weighted by Gasteiger charge is -2.22. The average molecular weight is 406 g/mol. The molecule has 0 spiro atoms. The van der Waals surface area contributed by atoms with Crippen LogP contribution in [-0.4, -0.2) is 39.6 Å². The maximum atomic E-state index is 12.2. The molecule has 27 heavy (non-hydrogen) atoms. The van der Waals surface area contributed by atoms with Gasteiger partial charge in [-0.05, 0) is 61.1 Å². The molecule has 0 heterocycles. The van der Waals surface area contributed by atoms with Gasteiger partial charge in [0, 0.05) is 4.90 Å². The molecular formula is C19H23N3O3S2. The van der Waals surface area contributed by atoms with Gasteiger partial charge in [-0.3, -0.25) is 9.10 Å². The number of carbonyl (C=O) groups excluding carboxylic acids is 1. The molecule has 0 aliphatic carbocycles. The monoisotopic (exact) mass is 405 g/mol. The highest BCUT2D eigenvalue weighted by Crippen LogP contribution is 2.21. The summed E-state index contributed by atoms with van der Waals surface area (Å²) >= 11 is 1.64. The zero-order valence-electron chi connectivity index (χ0n) is 15.8. The number of amides is 1. The van der Waals surface area contributed by atoms with Crippen molar-refractivity contribution in [2.45, 2.75) is 18.7 Å². The van der Waals surface area contributed by atoms with Crippen LogP contribution in [0.25, 0.3) is 0 Å². The predicted octanol–water partition coefficient (Wildman–Crippen LogP) is 2.94. The van der Waals surface area contributed by atoms with Gasteiger partial charge in [0.2, 0.25) is 10.0 Å². The molecule has 0 unspecified atom stereocenters. The van der Waals surface area contributed by atoms with E-state index in [2.05, 4.69) is 10.5 Å². The Balaban J connectivity index is 2.08. The number of aryl methyl sites for hydroxylation is 2. The number of hydrazone groups is 1. The van der Waals surface area contributed by atoms with Gasteiger partial charge in [-0.25, -0.2) is 13.8 Å². The summed E-state index contributed by atoms with van der Waals surface area (Å²) in [5, 5.41) is 3.91. The smallest absolute Gasteiger partial charge is 0.260 e. The van der Waals surface area contributed by atoms with Gasteiger partial charge in [0.15, 0.2) is 0 Å². The average Bonchev–Trinajstić information content (AvgIpc) is 2.58. The van der Waals surface area contributed by atoms with E-state index in [0.717, 1.165) is 32.1 Å². The minimum Gasteiger partial charge on any atom is -0.271 e. The third kappa shape index (κ3) is 6.41. The molecule has 8 heteroatoms. The van der Waals surface area contributed by atoms with Crippen molar-refractivity contribution in [3.63, 3.8) is 0 Å². The highest BCUT2D eigenvalue weighted by Gasteiger charge is 2.21. The molecule has 1 amide bonds. The highest BCUT2D eigenvalue weighted by atomic mass is 32.2. The maximum Gasteiger partial charge on any atom is 0.260 e. The van der Waals surface area contributed by atoms with Crippen LogP contribution in [0.15, 0.2) is 52.5 Å². The Bertz CT molecular complexity index is 919. The van der Waals surface area contributed by atoms with E-state index in [-0.39, 0.29) is 6.54 Å². The third-order valence-corrected chi connectivity index (χ3v) is 5.58. The first-order valence-corrected chi connectivity index (χ1v) is 11.3. The summed E-state index contributed by atoms with van der Waals surface area (Å²) in [6.45, 7) is 3.41. The van der Waals surface area contributed by atoms with Crippen molar-refractivity contribution in [3.8, 4) is 0 Å². The number of thioether (sulfide) groups is 1. The largest absolute Gasteiger partial charge is 0.271 e. The molecule has 0 atom stereocenters. The molecule has 0 bridgehead atoms. The summed E-state index contributed by atoms with van der Waals surface area (Å²) in [6.07, 6.45) is 4.59. The third-order valence-electron chi connectivity index (χ3n) is 3.70. The van der Waals surface area contributed by atoms with Gasteiger partial charge in [-0.2, -0.15) is 5.10 Å². The van der Waals surface area contributed by atoms with Crippen molar-refractivity contribution in [2.75, 3.05) is 23.4 Å². The number of hydrogen-bond acceptors (Lipinski definition) is 5. The van der Waals surface area contributed by atoms with Gasteiger partial charge in [0.1, 0.15) is 6.54 Å². The fraction of sp³-hybridized carbons (Fsp3) is 0.263. The highest BCUT2D eigenvalue weighted by molar-refractivity contribution is 7.98. The fourth-order valence-electron chi connectivity index (χ4n) is 2.53. The molecule has 2 aromatic rings. The first-order chi connectivity index (χ1) is 12.7. The number of rotatable bonds is 7. The van der Waals surface area contributed by atoms with E-state index < -0.39 is 15.9 Å². The molecule has 144 valence electrons. The van der Waals surface area contributed by atoms with Gasteiger partial charge in [0.05, 0.1) is 18.2 Å². The van der Waals surface area contributed by atoms with E-state index in [4.69, 9.17) is 0 Å². The van der Waals surface area contributed by atoms with E-state index in [0.29, 0.717) is 5.69 Å². The minimum absolute atomic E-state index is 0.343. The summed E-state index contributed by atoms with van der Waals surface area (Å²) < 4.78 is 25.4. The van der Waals surface area contributed by atoms with Gasteiger partial charge in [-0.15, -0.1) is 11.8 Å². The van der Waals surface area contributed by atoms with Crippen molar-refractivity contribution in [1.82, 2.24) is 5.43 Å². The number of benzene rings is 2. The van der Waals surface area contributed by atoms with Crippen LogP contribution < -0.4 is 9.73 Å². The molecule has 1 N–H and O–H groups in total. The Labute approximate surface area is 164 Å². The van der Waals surface area contributed by atoms with Crippen LogP contribution in [0.1, 0.15) is 16.7 Å². The molecular weight excluding hydrogens is 382 g/mol. The van der Waals surface area contributed by atoms with Crippen LogP contribution in [0.5, 0.6) is 0 Å². The second kappa shape index (κ2) is 9.05. The summed E-state index contributed by atoms with van der Waals surface area (Å²) in [7, 11) is -3.61. The van der Waals surface area contributed by atoms with E-state index in [1.807, 2.05) is 50.4 Å². The Hall–Kier alpha value is -2.32. The summed E-state index contributed by atoms with van der Waals surface area (Å²) in [5.41, 5.74) is 5.52. The zero-order valence-corrected chi connectivity index (χ0v) is 17.4. The van der Waals surface area contributed by atoms with Crippen molar-refractivity contribution in [2.24, 2.45) is 5.10 Å². The molecule has 0 saturated carbocycles. The SMILES string of the molecule is CSc1ccc(/C=N\NC(=O)CN(c2cc(C)cc(C)c2)S(C)(=O)=O)cc1. The number of carbonyl (C=O) groups is 1. The second-order valence-corrected chi connectivity index (χ2v) is 8.97. The Morgan fingerprint density at radius 2 is 1.74 bits per heavy atom. The molecule has 6 nitrogen and oxygen atoms in total. The molecule has 0 aliphatic rings. The summed E-state index contributed by atoms with van der Waals surface area (Å²) in [4.78, 5) is 13.3. The van der Waals surface area contributed by atoms with Crippen molar-refractivity contribution >= 4 is 39.6 Å². The fourth-order valence-corrected chi connectivity index (χ4v) is 3.78. The Morgan fingerprint density at radius 1 is 1.15 bits per heavy atom. The van der Waals surface area contributed by atoms with E-state index in [9.17, 15) is 13.2 Å². The van der Waals surface area contributed by atoms with E-state index in [1.54, 1.807) is 23.9 Å². The normalized spacial score (nSPS) is 11.6. The van der Waals surface area contributed by atoms with E-state index in [1.165, 1.54) is 6.21 Å². The molecule has 2 rings (SSSR count). The molecule has 0 aliphatic heterocycles. The van der Waals surface area contributed by atoms with E-state index >= 15 is 0 Å². The van der Waals surface area contributed by atoms with Gasteiger partial charge >= 0.3 is 0 Å². The zero-order chi connectivity index (χ0) is 20.0. The van der Waals surface area contributed by atoms with Crippen LogP contribution in [-0.2, 0) is 14.8 Å². The topological polar surface area (TPSA) is 78.8 Å². The van der Waals surface area contributed by atoms with Crippen molar-refractivity contribution in [1.29, 1.82) is 0 Å². The minimum atomic E-state index is -3.61. The number of nitrogens with one attached hydrogen (secondary N) is 1. The van der Waals surface area contributed by atoms with Gasteiger partial charge < -0.3 is 0 Å². The lowest BCUT2D eigenvalue weighted by molar-refractivity contribution is -0.119. The lowest BCUT2D eigenvalue weighted by Crippen LogP contribution is -2.39. The van der Waals surface area contributed by atoms with Crippen LogP contribution >= 0.6 is 11.8 Å². The molecule has 2 aromatic carbocycles. The lowest BCUT2D eigenvalue weighted by atomic mass is 10.1. The number of sulfonamides is 1. The van der Waals surface area contributed by atoms with Crippen LogP contribution in [0.2, 0.25) is 0 Å². The predicted molar refractivity (Wildman–Crippen MR) is 112 cm³/mol. The Kier molecular flexibility index (Phi) is 7.04. The number of nitrogens with zero attached hydrogens (tertiary/aromatic N) is 2. The molecule has 0 saturated heterocycles. The number of hydrogen-bond donors (Lipinski definition) is 1. The standard InChI is InChI=1S/C19H23N3O3S2/c1-14-9-15(2)11-17(10-14)22(27(4,24)25)13-19(23)21-20-12-16-5-7-18(26-3)8-6-16/h5-12H,13H2,1-4H3,(H,21,23)/b20-12-. The van der Waals surface area contributed by atoms with Crippen LogP contribution in [0.4, 0.5) is 5.69 Å². The molecule has 0 radical (unpaired) electrons. The van der Waals surface area contributed by atoms with Crippen molar-refractivity contribution in [3.05, 3.63) is 59.2 Å². The van der Waals surface area contributed by atoms with Crippen LogP contribution in [0, 0.1) is 13.8 Å². The summed E-state index contributed by atoms with van der Waals surface area (Å²) in [6, 6.07) is 13.1. The van der Waals surface area contributed by atoms with Crippen LogP contribution in [0.3, 0.4) is 0 Å². The van der Waals surface area contributed by atoms with Gasteiger partial charge in [-0.1, -0.05) is 18.2 Å². The Morgan fingerprint density at radius 3 is 2.26 bits per heavy atom. The molecule has 0 aromatic heterocycles. The second-order valence-electron chi connectivity index (χ2n) is 6.18. The first-order valence-electron chi connectivity index (χ1n) is 8.21. The van der Waals surface area contributed by atoms with Crippen molar-refractivity contribution < 1.29 is 13.2 Å². The number of anilines is 1.